The minimum atomic E-state index is -4.78. The highest BCUT2D eigenvalue weighted by Crippen LogP contribution is 2.50. The molecule has 0 aliphatic heterocycles. The van der Waals surface area contributed by atoms with Crippen molar-refractivity contribution in [2.75, 3.05) is 0 Å². The van der Waals surface area contributed by atoms with Crippen molar-refractivity contribution >= 4 is 48.3 Å². The maximum absolute atomic E-state index is 11.7. The molecule has 1 unspecified atom stereocenters. The van der Waals surface area contributed by atoms with Gasteiger partial charge in [-0.25, -0.2) is 0 Å². The van der Waals surface area contributed by atoms with E-state index in [0.717, 1.165) is 0 Å². The topological polar surface area (TPSA) is 86.6 Å². The van der Waals surface area contributed by atoms with E-state index in [9.17, 15) is 9.36 Å². The van der Waals surface area contributed by atoms with E-state index in [1.807, 2.05) is 5.32 Å². The normalized spacial score (nSPS) is 13.9. The lowest BCUT2D eigenvalue weighted by molar-refractivity contribution is -0.120. The summed E-state index contributed by atoms with van der Waals surface area (Å²) in [6.45, 7) is 0. The standard InChI is InChI=1S/C10H11Cl3NO4P/c11-10(12,13)9(19(16,17)18)14-8(15)6-7-4-2-1-3-5-7/h1-5,9H,6H2,(H,14,15)(H2,16,17,18). The second kappa shape index (κ2) is 6.44. The van der Waals surface area contributed by atoms with E-state index in [2.05, 4.69) is 0 Å². The molecule has 1 amide bonds. The zero-order valence-electron chi connectivity index (χ0n) is 9.46. The first-order valence-electron chi connectivity index (χ1n) is 5.06. The molecule has 106 valence electrons. The summed E-state index contributed by atoms with van der Waals surface area (Å²) in [5, 5.41) is 2.05. The van der Waals surface area contributed by atoms with Crippen LogP contribution in [0.5, 0.6) is 0 Å². The van der Waals surface area contributed by atoms with Crippen LogP contribution in [0.1, 0.15) is 5.56 Å². The number of hydrogen-bond acceptors (Lipinski definition) is 2. The second-order valence-corrected chi connectivity index (χ2v) is 7.83. The van der Waals surface area contributed by atoms with E-state index in [0.29, 0.717) is 5.56 Å². The van der Waals surface area contributed by atoms with E-state index in [-0.39, 0.29) is 6.42 Å². The summed E-state index contributed by atoms with van der Waals surface area (Å²) >= 11 is 16.4. The van der Waals surface area contributed by atoms with Crippen molar-refractivity contribution in [2.45, 2.75) is 16.0 Å². The van der Waals surface area contributed by atoms with Crippen LogP contribution in [0.15, 0.2) is 30.3 Å². The van der Waals surface area contributed by atoms with E-state index in [1.54, 1.807) is 30.3 Å². The molecule has 1 rings (SSSR count). The van der Waals surface area contributed by atoms with Gasteiger partial charge in [0, 0.05) is 0 Å². The average molecular weight is 347 g/mol. The number of benzene rings is 1. The van der Waals surface area contributed by atoms with Crippen LogP contribution in [0.3, 0.4) is 0 Å². The maximum Gasteiger partial charge on any atom is 0.352 e. The highest BCUT2D eigenvalue weighted by atomic mass is 35.6. The first-order valence-corrected chi connectivity index (χ1v) is 7.87. The number of halogens is 3. The molecule has 0 spiro atoms. The minimum absolute atomic E-state index is 0.0713. The third-order valence-electron chi connectivity index (χ3n) is 2.15. The average Bonchev–Trinajstić information content (AvgIpc) is 2.24. The predicted molar refractivity (Wildman–Crippen MR) is 74.4 cm³/mol. The van der Waals surface area contributed by atoms with Gasteiger partial charge in [0.05, 0.1) is 6.42 Å². The number of hydrogen-bond donors (Lipinski definition) is 3. The molecule has 0 aromatic heterocycles. The minimum Gasteiger partial charge on any atom is -0.338 e. The Bertz CT molecular complexity index is 485. The lowest BCUT2D eigenvalue weighted by atomic mass is 10.1. The third-order valence-corrected chi connectivity index (χ3v) is 4.45. The third kappa shape index (κ3) is 5.69. The molecule has 3 N–H and O–H groups in total. The fourth-order valence-corrected chi connectivity index (χ4v) is 3.34. The number of alkyl halides is 3. The van der Waals surface area contributed by atoms with Gasteiger partial charge in [0.1, 0.15) is 0 Å². The summed E-state index contributed by atoms with van der Waals surface area (Å²) in [4.78, 5) is 29.8. The van der Waals surface area contributed by atoms with Gasteiger partial charge in [0.2, 0.25) is 9.70 Å². The molecule has 5 nitrogen and oxygen atoms in total. The Kier molecular flexibility index (Phi) is 5.68. The molecular weight excluding hydrogens is 335 g/mol. The molecule has 0 saturated carbocycles. The summed E-state index contributed by atoms with van der Waals surface area (Å²) in [6, 6.07) is 8.64. The lowest BCUT2D eigenvalue weighted by Crippen LogP contribution is -2.44. The summed E-state index contributed by atoms with van der Waals surface area (Å²) in [7, 11) is -4.78. The van der Waals surface area contributed by atoms with Crippen molar-refractivity contribution < 1.29 is 19.1 Å². The van der Waals surface area contributed by atoms with Gasteiger partial charge < -0.3 is 15.1 Å². The molecule has 0 fully saturated rings. The maximum atomic E-state index is 11.7. The van der Waals surface area contributed by atoms with Gasteiger partial charge in [0.25, 0.3) is 0 Å². The summed E-state index contributed by atoms with van der Waals surface area (Å²) in [5.74, 6) is -2.54. The smallest absolute Gasteiger partial charge is 0.338 e. The van der Waals surface area contributed by atoms with Gasteiger partial charge in [-0.1, -0.05) is 65.1 Å². The van der Waals surface area contributed by atoms with Crippen LogP contribution in [0, 0.1) is 0 Å². The van der Waals surface area contributed by atoms with Gasteiger partial charge in [-0.15, -0.1) is 0 Å². The Hall–Kier alpha value is -0.290. The molecule has 1 aromatic carbocycles. The van der Waals surface area contributed by atoms with Crippen LogP contribution in [0.25, 0.3) is 0 Å². The molecule has 0 bridgehead atoms. The summed E-state index contributed by atoms with van der Waals surface area (Å²) < 4.78 is 8.89. The Morgan fingerprint density at radius 2 is 1.79 bits per heavy atom. The molecule has 9 heteroatoms. The second-order valence-electron chi connectivity index (χ2n) is 3.76. The van der Waals surface area contributed by atoms with Crippen LogP contribution in [-0.2, 0) is 15.8 Å². The number of carbonyl (C=O) groups excluding carboxylic acids is 1. The largest absolute Gasteiger partial charge is 0.352 e. The number of carbonyl (C=O) groups is 1. The first-order chi connectivity index (χ1) is 8.60. The van der Waals surface area contributed by atoms with E-state index in [4.69, 9.17) is 44.6 Å². The van der Waals surface area contributed by atoms with Crippen LogP contribution >= 0.6 is 42.4 Å². The van der Waals surface area contributed by atoms with Crippen LogP contribution in [0.4, 0.5) is 0 Å². The highest BCUT2D eigenvalue weighted by molar-refractivity contribution is 7.53. The Morgan fingerprint density at radius 3 is 2.21 bits per heavy atom. The van der Waals surface area contributed by atoms with Crippen LogP contribution < -0.4 is 5.32 Å². The molecule has 0 radical (unpaired) electrons. The van der Waals surface area contributed by atoms with Crippen LogP contribution in [-0.4, -0.2) is 25.3 Å². The van der Waals surface area contributed by atoms with E-state index in [1.165, 1.54) is 0 Å². The van der Waals surface area contributed by atoms with Crippen molar-refractivity contribution in [1.82, 2.24) is 5.32 Å². The van der Waals surface area contributed by atoms with Crippen molar-refractivity contribution in [3.05, 3.63) is 35.9 Å². The molecule has 0 saturated heterocycles. The Balaban J connectivity index is 2.76. The molecule has 1 aromatic rings. The highest BCUT2D eigenvalue weighted by Gasteiger charge is 2.46. The van der Waals surface area contributed by atoms with Gasteiger partial charge >= 0.3 is 7.60 Å². The fourth-order valence-electron chi connectivity index (χ4n) is 1.34. The molecule has 1 atom stereocenters. The fraction of sp³-hybridized carbons (Fsp3) is 0.300. The summed E-state index contributed by atoms with van der Waals surface area (Å²) in [6.07, 6.45) is -0.0713. The van der Waals surface area contributed by atoms with Crippen molar-refractivity contribution in [1.29, 1.82) is 0 Å². The van der Waals surface area contributed by atoms with E-state index >= 15 is 0 Å². The molecule has 0 heterocycles. The molecule has 19 heavy (non-hydrogen) atoms. The first kappa shape index (κ1) is 16.8. The van der Waals surface area contributed by atoms with E-state index < -0.39 is 23.1 Å². The van der Waals surface area contributed by atoms with Crippen LogP contribution in [0.2, 0.25) is 0 Å². The number of amides is 1. The monoisotopic (exact) mass is 345 g/mol. The van der Waals surface area contributed by atoms with Crippen molar-refractivity contribution in [3.63, 3.8) is 0 Å². The van der Waals surface area contributed by atoms with Gasteiger partial charge in [-0.2, -0.15) is 0 Å². The SMILES string of the molecule is O=C(Cc1ccccc1)NC(C(Cl)(Cl)Cl)P(=O)(O)O. The Labute approximate surface area is 125 Å². The molecule has 0 aliphatic rings. The van der Waals surface area contributed by atoms with Crippen molar-refractivity contribution in [3.8, 4) is 0 Å². The zero-order chi connectivity index (χ0) is 14.7. The number of nitrogens with one attached hydrogen (secondary N) is 1. The zero-order valence-corrected chi connectivity index (χ0v) is 12.6. The quantitative estimate of drug-likeness (QED) is 0.576. The molecule has 0 aliphatic carbocycles. The predicted octanol–water partition coefficient (Wildman–Crippen LogP) is 2.22. The Morgan fingerprint density at radius 1 is 1.26 bits per heavy atom. The molecular formula is C10H11Cl3NO4P. The van der Waals surface area contributed by atoms with Gasteiger partial charge in [0.15, 0.2) is 5.78 Å². The summed E-state index contributed by atoms with van der Waals surface area (Å²) in [5.41, 5.74) is 0.675. The number of rotatable bonds is 4. The lowest BCUT2D eigenvalue weighted by Gasteiger charge is -2.26. The van der Waals surface area contributed by atoms with Gasteiger partial charge in [-0.3, -0.25) is 9.36 Å². The van der Waals surface area contributed by atoms with Crippen molar-refractivity contribution in [2.24, 2.45) is 0 Å². The van der Waals surface area contributed by atoms with Gasteiger partial charge in [-0.05, 0) is 5.56 Å².